The second kappa shape index (κ2) is 6.69. The number of thioether (sulfide) groups is 1. The van der Waals surface area contributed by atoms with E-state index in [4.69, 9.17) is 27.6 Å². The van der Waals surface area contributed by atoms with Crippen LogP contribution in [0, 0.1) is 5.82 Å². The van der Waals surface area contributed by atoms with Crippen LogP contribution in [0.5, 0.6) is 0 Å². The highest BCUT2D eigenvalue weighted by molar-refractivity contribution is 7.98. The second-order valence-corrected chi connectivity index (χ2v) is 6.11. The van der Waals surface area contributed by atoms with E-state index in [-0.39, 0.29) is 5.82 Å². The highest BCUT2D eigenvalue weighted by Gasteiger charge is 2.12. The summed E-state index contributed by atoms with van der Waals surface area (Å²) in [6.07, 6.45) is 0. The maximum atomic E-state index is 12.9. The van der Waals surface area contributed by atoms with Crippen molar-refractivity contribution in [2.75, 3.05) is 0 Å². The molecule has 3 rings (SSSR count). The van der Waals surface area contributed by atoms with Gasteiger partial charge in [-0.15, -0.1) is 10.2 Å². The molecule has 0 amide bonds. The average molecular weight is 355 g/mol. The van der Waals surface area contributed by atoms with Gasteiger partial charge < -0.3 is 4.42 Å². The van der Waals surface area contributed by atoms with Crippen LogP contribution in [0.2, 0.25) is 10.0 Å². The van der Waals surface area contributed by atoms with Gasteiger partial charge >= 0.3 is 0 Å². The van der Waals surface area contributed by atoms with Gasteiger partial charge in [0.1, 0.15) is 5.82 Å². The lowest BCUT2D eigenvalue weighted by Crippen LogP contribution is -1.84. The van der Waals surface area contributed by atoms with Gasteiger partial charge in [0.05, 0.1) is 0 Å². The Morgan fingerprint density at radius 3 is 2.36 bits per heavy atom. The average Bonchev–Trinajstić information content (AvgIpc) is 2.96. The third-order valence-electron chi connectivity index (χ3n) is 2.90. The minimum Gasteiger partial charge on any atom is -0.411 e. The number of aromatic nitrogens is 2. The molecule has 0 radical (unpaired) electrons. The van der Waals surface area contributed by atoms with Gasteiger partial charge in [0.2, 0.25) is 5.89 Å². The summed E-state index contributed by atoms with van der Waals surface area (Å²) < 4.78 is 18.4. The van der Waals surface area contributed by atoms with Gasteiger partial charge in [0.25, 0.3) is 5.22 Å². The summed E-state index contributed by atoms with van der Waals surface area (Å²) >= 11 is 13.6. The van der Waals surface area contributed by atoms with E-state index in [9.17, 15) is 4.39 Å². The van der Waals surface area contributed by atoms with Crippen molar-refractivity contribution in [3.8, 4) is 11.5 Å². The summed E-state index contributed by atoms with van der Waals surface area (Å²) in [5.74, 6) is 0.544. The molecule has 22 heavy (non-hydrogen) atoms. The molecule has 0 atom stereocenters. The molecule has 2 aromatic carbocycles. The number of hydrogen-bond acceptors (Lipinski definition) is 4. The van der Waals surface area contributed by atoms with Crippen LogP contribution in [0.15, 0.2) is 52.1 Å². The van der Waals surface area contributed by atoms with E-state index in [1.807, 2.05) is 0 Å². The zero-order valence-electron chi connectivity index (χ0n) is 11.1. The van der Waals surface area contributed by atoms with Crippen molar-refractivity contribution in [2.24, 2.45) is 0 Å². The lowest BCUT2D eigenvalue weighted by molar-refractivity contribution is 0.465. The lowest BCUT2D eigenvalue weighted by atomic mass is 10.2. The van der Waals surface area contributed by atoms with Crippen LogP contribution >= 0.6 is 35.0 Å². The van der Waals surface area contributed by atoms with Gasteiger partial charge in [-0.25, -0.2) is 4.39 Å². The van der Waals surface area contributed by atoms with Crippen LogP contribution in [-0.2, 0) is 5.75 Å². The number of nitrogens with zero attached hydrogens (tertiary/aromatic N) is 2. The van der Waals surface area contributed by atoms with E-state index < -0.39 is 0 Å². The first-order valence-electron chi connectivity index (χ1n) is 6.28. The molecule has 0 N–H and O–H groups in total. The number of hydrogen-bond donors (Lipinski definition) is 0. The number of benzene rings is 2. The highest BCUT2D eigenvalue weighted by atomic mass is 35.5. The molecule has 3 nitrogen and oxygen atoms in total. The summed E-state index contributed by atoms with van der Waals surface area (Å²) in [5.41, 5.74) is 1.48. The van der Waals surface area contributed by atoms with Gasteiger partial charge in [0.15, 0.2) is 0 Å². The Morgan fingerprint density at radius 1 is 1.00 bits per heavy atom. The summed E-state index contributed by atoms with van der Waals surface area (Å²) in [6, 6.07) is 11.2. The summed E-state index contributed by atoms with van der Waals surface area (Å²) in [5, 5.41) is 9.49. The molecule has 0 aliphatic rings. The fourth-order valence-electron chi connectivity index (χ4n) is 1.78. The molecule has 112 valence electrons. The third-order valence-corrected chi connectivity index (χ3v) is 4.45. The van der Waals surface area contributed by atoms with E-state index >= 15 is 0 Å². The maximum absolute atomic E-state index is 12.9. The van der Waals surface area contributed by atoms with Gasteiger partial charge in [-0.05, 0) is 42.0 Å². The van der Waals surface area contributed by atoms with Crippen molar-refractivity contribution in [2.45, 2.75) is 11.0 Å². The van der Waals surface area contributed by atoms with E-state index in [1.54, 1.807) is 30.3 Å². The molecule has 0 saturated carbocycles. The minimum absolute atomic E-state index is 0.314. The molecule has 0 fully saturated rings. The van der Waals surface area contributed by atoms with Crippen molar-refractivity contribution in [3.05, 3.63) is 63.9 Å². The zero-order valence-corrected chi connectivity index (χ0v) is 13.4. The Morgan fingerprint density at radius 2 is 1.68 bits per heavy atom. The smallest absolute Gasteiger partial charge is 0.277 e. The van der Waals surface area contributed by atoms with Crippen LogP contribution in [0.1, 0.15) is 5.56 Å². The van der Waals surface area contributed by atoms with Crippen molar-refractivity contribution in [1.29, 1.82) is 0 Å². The molecule has 0 saturated heterocycles. The molecular weight excluding hydrogens is 346 g/mol. The highest BCUT2D eigenvalue weighted by Crippen LogP contribution is 2.32. The quantitative estimate of drug-likeness (QED) is 0.582. The number of rotatable bonds is 4. The predicted molar refractivity (Wildman–Crippen MR) is 85.7 cm³/mol. The molecule has 0 spiro atoms. The monoisotopic (exact) mass is 354 g/mol. The van der Waals surface area contributed by atoms with Crippen LogP contribution < -0.4 is 0 Å². The summed E-state index contributed by atoms with van der Waals surface area (Å²) in [4.78, 5) is 0. The topological polar surface area (TPSA) is 38.9 Å². The molecular formula is C15H9Cl2FN2OS. The minimum atomic E-state index is -0.314. The largest absolute Gasteiger partial charge is 0.411 e. The van der Waals surface area contributed by atoms with Crippen LogP contribution in [-0.4, -0.2) is 10.2 Å². The first kappa shape index (κ1) is 15.3. The molecule has 0 aliphatic heterocycles. The SMILES string of the molecule is Fc1ccc(-c2nnc(SCc3c(Cl)cccc3Cl)o2)cc1. The lowest BCUT2D eigenvalue weighted by Gasteiger charge is -2.04. The molecule has 1 aromatic heterocycles. The maximum Gasteiger partial charge on any atom is 0.277 e. The first-order valence-corrected chi connectivity index (χ1v) is 8.03. The molecule has 7 heteroatoms. The van der Waals surface area contributed by atoms with E-state index in [1.165, 1.54) is 23.9 Å². The van der Waals surface area contributed by atoms with Gasteiger partial charge in [-0.1, -0.05) is 41.0 Å². The Bertz CT molecular complexity index is 772. The van der Waals surface area contributed by atoms with Crippen LogP contribution in [0.3, 0.4) is 0 Å². The number of halogens is 3. The normalized spacial score (nSPS) is 10.9. The fraction of sp³-hybridized carbons (Fsp3) is 0.0667. The molecule has 3 aromatic rings. The Labute approximate surface area is 140 Å². The van der Waals surface area contributed by atoms with Crippen LogP contribution in [0.25, 0.3) is 11.5 Å². The Balaban J connectivity index is 1.73. The van der Waals surface area contributed by atoms with Gasteiger partial charge in [-0.2, -0.15) is 0 Å². The van der Waals surface area contributed by atoms with Crippen molar-refractivity contribution in [1.82, 2.24) is 10.2 Å². The zero-order chi connectivity index (χ0) is 15.5. The van der Waals surface area contributed by atoms with Crippen molar-refractivity contribution < 1.29 is 8.81 Å². The molecule has 0 bridgehead atoms. The van der Waals surface area contributed by atoms with Crippen LogP contribution in [0.4, 0.5) is 4.39 Å². The molecule has 0 unspecified atom stereocenters. The predicted octanol–water partition coefficient (Wildman–Crippen LogP) is 5.47. The standard InChI is InChI=1S/C15H9Cl2FN2OS/c16-12-2-1-3-13(17)11(12)8-22-15-20-19-14(21-15)9-4-6-10(18)7-5-9/h1-7H,8H2. The van der Waals surface area contributed by atoms with Gasteiger partial charge in [0, 0.05) is 21.4 Å². The first-order chi connectivity index (χ1) is 10.6. The third kappa shape index (κ3) is 3.43. The fourth-order valence-corrected chi connectivity index (χ4v) is 3.29. The molecule has 0 aliphatic carbocycles. The van der Waals surface area contributed by atoms with E-state index in [0.29, 0.717) is 32.5 Å². The Kier molecular flexibility index (Phi) is 4.66. The summed E-state index contributed by atoms with van der Waals surface area (Å²) in [6.45, 7) is 0. The molecule has 1 heterocycles. The van der Waals surface area contributed by atoms with E-state index in [0.717, 1.165) is 5.56 Å². The van der Waals surface area contributed by atoms with Crippen molar-refractivity contribution >= 4 is 35.0 Å². The summed E-state index contributed by atoms with van der Waals surface area (Å²) in [7, 11) is 0. The second-order valence-electron chi connectivity index (χ2n) is 4.37. The Hall–Kier alpha value is -1.56. The van der Waals surface area contributed by atoms with Gasteiger partial charge in [-0.3, -0.25) is 0 Å². The van der Waals surface area contributed by atoms with Crippen molar-refractivity contribution in [3.63, 3.8) is 0 Å². The van der Waals surface area contributed by atoms with E-state index in [2.05, 4.69) is 10.2 Å².